The van der Waals surface area contributed by atoms with E-state index < -0.39 is 21.9 Å². The van der Waals surface area contributed by atoms with Gasteiger partial charge in [0.05, 0.1) is 22.6 Å². The minimum absolute atomic E-state index is 0.0282. The van der Waals surface area contributed by atoms with Crippen molar-refractivity contribution in [1.82, 2.24) is 4.72 Å². The second-order valence-electron chi connectivity index (χ2n) is 4.54. The number of nitrogens with zero attached hydrogens (tertiary/aromatic N) is 1. The molecule has 1 rings (SSSR count). The van der Waals surface area contributed by atoms with Crippen LogP contribution in [0.15, 0.2) is 23.1 Å². The molecule has 21 heavy (non-hydrogen) atoms. The molecule has 1 aromatic carbocycles. The van der Waals surface area contributed by atoms with Gasteiger partial charge in [-0.25, -0.2) is 13.1 Å². The van der Waals surface area contributed by atoms with Crippen molar-refractivity contribution in [2.75, 3.05) is 6.54 Å². The minimum atomic E-state index is -3.82. The molecule has 0 aromatic heterocycles. The largest absolute Gasteiger partial charge is 0.481 e. The number of nitrogens with one attached hydrogen (secondary N) is 1. The predicted octanol–water partition coefficient (Wildman–Crippen LogP) is 1.99. The lowest BCUT2D eigenvalue weighted by molar-refractivity contribution is -0.141. The molecule has 0 saturated carbocycles. The molecule has 0 spiro atoms. The van der Waals surface area contributed by atoms with Crippen LogP contribution in [0.1, 0.15) is 25.3 Å². The molecule has 0 aliphatic rings. The Kier molecular flexibility index (Phi) is 6.15. The normalized spacial score (nSPS) is 12.6. The van der Waals surface area contributed by atoms with Gasteiger partial charge in [-0.1, -0.05) is 18.5 Å². The van der Waals surface area contributed by atoms with E-state index in [4.69, 9.17) is 22.0 Å². The maximum absolute atomic E-state index is 12.1. The number of carboxylic acid groups (broad SMARTS) is 1. The fourth-order valence-corrected chi connectivity index (χ4v) is 3.19. The van der Waals surface area contributed by atoms with E-state index in [1.165, 1.54) is 18.2 Å². The van der Waals surface area contributed by atoms with Gasteiger partial charge in [-0.3, -0.25) is 4.79 Å². The van der Waals surface area contributed by atoms with Gasteiger partial charge in [0, 0.05) is 6.54 Å². The Morgan fingerprint density at radius 2 is 2.19 bits per heavy atom. The molecule has 1 unspecified atom stereocenters. The number of halogens is 1. The van der Waals surface area contributed by atoms with Crippen molar-refractivity contribution in [3.63, 3.8) is 0 Å². The fourth-order valence-electron chi connectivity index (χ4n) is 1.59. The number of benzene rings is 1. The second-order valence-corrected chi connectivity index (χ2v) is 6.68. The van der Waals surface area contributed by atoms with Crippen molar-refractivity contribution >= 4 is 27.6 Å². The van der Waals surface area contributed by atoms with E-state index in [9.17, 15) is 13.2 Å². The lowest BCUT2D eigenvalue weighted by atomic mass is 10.1. The van der Waals surface area contributed by atoms with Crippen molar-refractivity contribution in [2.45, 2.75) is 24.7 Å². The molecule has 1 aromatic rings. The lowest BCUT2D eigenvalue weighted by Crippen LogP contribution is -2.26. The molecule has 114 valence electrons. The molecule has 0 aliphatic carbocycles. The smallest absolute Gasteiger partial charge is 0.306 e. The van der Waals surface area contributed by atoms with E-state index in [0.717, 1.165) is 0 Å². The quantitative estimate of drug-likeness (QED) is 0.743. The van der Waals surface area contributed by atoms with Crippen molar-refractivity contribution in [2.24, 2.45) is 5.92 Å². The number of sulfonamides is 1. The molecule has 0 aliphatic heterocycles. The van der Waals surface area contributed by atoms with E-state index in [1.54, 1.807) is 6.92 Å². The van der Waals surface area contributed by atoms with Gasteiger partial charge in [0.25, 0.3) is 0 Å². The van der Waals surface area contributed by atoms with Crippen LogP contribution in [0.4, 0.5) is 0 Å². The Bertz CT molecular complexity index is 667. The monoisotopic (exact) mass is 330 g/mol. The molecule has 0 fully saturated rings. The summed E-state index contributed by atoms with van der Waals surface area (Å²) >= 11 is 5.84. The van der Waals surface area contributed by atoms with Crippen LogP contribution >= 0.6 is 11.6 Å². The van der Waals surface area contributed by atoms with Gasteiger partial charge >= 0.3 is 5.97 Å². The molecule has 1 atom stereocenters. The summed E-state index contributed by atoms with van der Waals surface area (Å²) in [6.07, 6.45) is 0.756. The van der Waals surface area contributed by atoms with Gasteiger partial charge in [-0.2, -0.15) is 5.26 Å². The Labute approximate surface area is 128 Å². The maximum atomic E-state index is 12.1. The molecular formula is C13H15ClN2O4S. The zero-order valence-corrected chi connectivity index (χ0v) is 12.9. The predicted molar refractivity (Wildman–Crippen MR) is 77.4 cm³/mol. The molecule has 8 heteroatoms. The first-order valence-corrected chi connectivity index (χ1v) is 8.06. The summed E-state index contributed by atoms with van der Waals surface area (Å²) in [6, 6.07) is 5.82. The summed E-state index contributed by atoms with van der Waals surface area (Å²) < 4.78 is 26.5. The molecular weight excluding hydrogens is 316 g/mol. The van der Waals surface area contributed by atoms with Crippen LogP contribution in [0.3, 0.4) is 0 Å². The van der Waals surface area contributed by atoms with Gasteiger partial charge in [0.1, 0.15) is 4.90 Å². The Balaban J connectivity index is 2.70. The molecule has 0 radical (unpaired) electrons. The van der Waals surface area contributed by atoms with Crippen molar-refractivity contribution in [1.29, 1.82) is 5.26 Å². The highest BCUT2D eigenvalue weighted by atomic mass is 35.5. The summed E-state index contributed by atoms with van der Waals surface area (Å²) in [5.41, 5.74) is 0.194. The SMILES string of the molecule is CC(CCCNS(=O)(=O)c1cc(C#N)ccc1Cl)C(=O)O. The molecule has 2 N–H and O–H groups in total. The van der Waals surface area contributed by atoms with Crippen LogP contribution < -0.4 is 4.72 Å². The topological polar surface area (TPSA) is 107 Å². The van der Waals surface area contributed by atoms with E-state index in [-0.39, 0.29) is 22.0 Å². The van der Waals surface area contributed by atoms with Crippen molar-refractivity contribution in [3.8, 4) is 6.07 Å². The Morgan fingerprint density at radius 1 is 1.52 bits per heavy atom. The first-order valence-electron chi connectivity index (χ1n) is 6.20. The van der Waals surface area contributed by atoms with Gasteiger partial charge in [0.15, 0.2) is 0 Å². The first-order chi connectivity index (χ1) is 9.77. The van der Waals surface area contributed by atoms with Gasteiger partial charge in [-0.15, -0.1) is 0 Å². The highest BCUT2D eigenvalue weighted by Crippen LogP contribution is 2.22. The lowest BCUT2D eigenvalue weighted by Gasteiger charge is -2.09. The number of hydrogen-bond donors (Lipinski definition) is 2. The third kappa shape index (κ3) is 5.01. The number of carboxylic acids is 1. The molecule has 0 amide bonds. The fraction of sp³-hybridized carbons (Fsp3) is 0.385. The molecule has 0 saturated heterocycles. The summed E-state index contributed by atoms with van der Waals surface area (Å²) in [6.45, 7) is 1.66. The molecule has 0 bridgehead atoms. The minimum Gasteiger partial charge on any atom is -0.481 e. The highest BCUT2D eigenvalue weighted by Gasteiger charge is 2.18. The average molecular weight is 331 g/mol. The zero-order chi connectivity index (χ0) is 16.0. The molecule has 6 nitrogen and oxygen atoms in total. The van der Waals surface area contributed by atoms with Crippen LogP contribution in [0.2, 0.25) is 5.02 Å². The number of rotatable bonds is 7. The van der Waals surface area contributed by atoms with Crippen LogP contribution in [-0.2, 0) is 14.8 Å². The Hall–Kier alpha value is -1.62. The summed E-state index contributed by atoms with van der Waals surface area (Å²) in [5.74, 6) is -1.44. The first kappa shape index (κ1) is 17.4. The van der Waals surface area contributed by atoms with E-state index in [2.05, 4.69) is 4.72 Å². The van der Waals surface area contributed by atoms with Crippen LogP contribution in [-0.4, -0.2) is 26.0 Å². The number of carbonyl (C=O) groups is 1. The summed E-state index contributed by atoms with van der Waals surface area (Å²) in [4.78, 5) is 10.5. The standard InChI is InChI=1S/C13H15ClN2O4S/c1-9(13(17)18)3-2-6-16-21(19,20)12-7-10(8-15)4-5-11(12)14/h4-5,7,9,16H,2-3,6H2,1H3,(H,17,18). The Morgan fingerprint density at radius 3 is 2.76 bits per heavy atom. The average Bonchev–Trinajstić information content (AvgIpc) is 2.43. The highest BCUT2D eigenvalue weighted by molar-refractivity contribution is 7.89. The van der Waals surface area contributed by atoms with Crippen molar-refractivity contribution < 1.29 is 18.3 Å². The zero-order valence-electron chi connectivity index (χ0n) is 11.3. The number of hydrogen-bond acceptors (Lipinski definition) is 4. The van der Waals surface area contributed by atoms with Crippen LogP contribution in [0.5, 0.6) is 0 Å². The van der Waals surface area contributed by atoms with Gasteiger partial charge in [-0.05, 0) is 31.0 Å². The van der Waals surface area contributed by atoms with Crippen molar-refractivity contribution in [3.05, 3.63) is 28.8 Å². The van der Waals surface area contributed by atoms with Crippen LogP contribution in [0, 0.1) is 17.2 Å². The van der Waals surface area contributed by atoms with E-state index in [0.29, 0.717) is 12.8 Å². The van der Waals surface area contributed by atoms with Gasteiger partial charge < -0.3 is 5.11 Å². The van der Waals surface area contributed by atoms with E-state index >= 15 is 0 Å². The number of nitriles is 1. The summed E-state index contributed by atoms with van der Waals surface area (Å²) in [5, 5.41) is 17.5. The third-order valence-corrected chi connectivity index (χ3v) is 4.82. The third-order valence-electron chi connectivity index (χ3n) is 2.88. The van der Waals surface area contributed by atoms with E-state index in [1.807, 2.05) is 6.07 Å². The number of aliphatic carboxylic acids is 1. The van der Waals surface area contributed by atoms with Gasteiger partial charge in [0.2, 0.25) is 10.0 Å². The summed E-state index contributed by atoms with van der Waals surface area (Å²) in [7, 11) is -3.82. The second kappa shape index (κ2) is 7.41. The maximum Gasteiger partial charge on any atom is 0.306 e. The molecule has 0 heterocycles. The van der Waals surface area contributed by atoms with Crippen LogP contribution in [0.25, 0.3) is 0 Å².